The van der Waals surface area contributed by atoms with Crippen molar-refractivity contribution in [1.82, 2.24) is 19.5 Å². The Morgan fingerprint density at radius 3 is 2.56 bits per heavy atom. The van der Waals surface area contributed by atoms with Crippen LogP contribution in [0.5, 0.6) is 5.75 Å². The van der Waals surface area contributed by atoms with Crippen molar-refractivity contribution in [2.45, 2.75) is 25.2 Å². The molecule has 1 saturated heterocycles. The van der Waals surface area contributed by atoms with Gasteiger partial charge in [-0.3, -0.25) is 0 Å². The number of halogens is 4. The van der Waals surface area contributed by atoms with E-state index in [1.165, 1.54) is 12.1 Å². The number of anilines is 1. The lowest BCUT2D eigenvalue weighted by Crippen LogP contribution is -2.37. The van der Waals surface area contributed by atoms with E-state index in [0.29, 0.717) is 48.9 Å². The van der Waals surface area contributed by atoms with Crippen LogP contribution in [0.1, 0.15) is 30.0 Å². The van der Waals surface area contributed by atoms with Crippen LogP contribution in [0.25, 0.3) is 22.2 Å². The molecule has 2 aromatic carbocycles. The van der Waals surface area contributed by atoms with Gasteiger partial charge in [-0.15, -0.1) is 0 Å². The van der Waals surface area contributed by atoms with Gasteiger partial charge in [-0.2, -0.15) is 8.78 Å². The van der Waals surface area contributed by atoms with Crippen LogP contribution in [0.2, 0.25) is 0 Å². The van der Waals surface area contributed by atoms with Crippen LogP contribution in [0.3, 0.4) is 0 Å². The first-order chi connectivity index (χ1) is 17.5. The first-order valence-electron chi connectivity index (χ1n) is 11.5. The monoisotopic (exact) mass is 499 g/mol. The Labute approximate surface area is 203 Å². The normalized spacial score (nSPS) is 19.8. The Bertz CT molecular complexity index is 1410. The van der Waals surface area contributed by atoms with Gasteiger partial charge < -0.3 is 18.9 Å². The minimum absolute atomic E-state index is 0.00590. The molecule has 0 amide bonds. The Morgan fingerprint density at radius 1 is 1.06 bits per heavy atom. The summed E-state index contributed by atoms with van der Waals surface area (Å²) in [5, 5.41) is 0. The average molecular weight is 499 g/mol. The maximum atomic E-state index is 15.1. The molecular formula is C25H21F4N5O2. The number of nitrogens with zero attached hydrogens (tertiary/aromatic N) is 5. The molecule has 6 rings (SSSR count). The van der Waals surface area contributed by atoms with E-state index < -0.39 is 24.6 Å². The van der Waals surface area contributed by atoms with E-state index in [2.05, 4.69) is 15.0 Å². The highest BCUT2D eigenvalue weighted by Gasteiger charge is 2.37. The molecule has 2 atom stereocenters. The molecule has 4 aromatic rings. The van der Waals surface area contributed by atoms with Crippen LogP contribution in [0, 0.1) is 5.82 Å². The van der Waals surface area contributed by atoms with Crippen LogP contribution in [-0.4, -0.2) is 52.4 Å². The number of para-hydroxylation sites is 1. The first-order valence-corrected chi connectivity index (χ1v) is 11.5. The Hall–Kier alpha value is -3.73. The molecule has 0 N–H and O–H groups in total. The van der Waals surface area contributed by atoms with Crippen molar-refractivity contribution < 1.29 is 27.0 Å². The second-order valence-electron chi connectivity index (χ2n) is 8.67. The largest absolute Gasteiger partial charge is 0.434 e. The summed E-state index contributed by atoms with van der Waals surface area (Å²) in [7, 11) is 0. The number of rotatable bonds is 5. The molecule has 0 aliphatic carbocycles. The minimum Gasteiger partial charge on any atom is -0.434 e. The average Bonchev–Trinajstić information content (AvgIpc) is 3.41. The van der Waals surface area contributed by atoms with Crippen molar-refractivity contribution in [1.29, 1.82) is 0 Å². The molecule has 2 aromatic heterocycles. The highest BCUT2D eigenvalue weighted by molar-refractivity contribution is 5.83. The maximum absolute atomic E-state index is 15.1. The summed E-state index contributed by atoms with van der Waals surface area (Å²) in [5.41, 5.74) is 1.85. The molecule has 4 heterocycles. The van der Waals surface area contributed by atoms with E-state index in [1.54, 1.807) is 41.2 Å². The number of hydrogen-bond donors (Lipinski definition) is 0. The lowest BCUT2D eigenvalue weighted by atomic mass is 10.0. The predicted molar refractivity (Wildman–Crippen MR) is 123 cm³/mol. The number of ether oxygens (including phenoxy) is 2. The van der Waals surface area contributed by atoms with Gasteiger partial charge in [0.05, 0.1) is 30.3 Å². The van der Waals surface area contributed by atoms with Crippen molar-refractivity contribution in [3.8, 4) is 16.9 Å². The third-order valence-corrected chi connectivity index (χ3v) is 6.56. The fraction of sp³-hybridized carbons (Fsp3) is 0.320. The number of fused-ring (bicyclic) bond motifs is 3. The van der Waals surface area contributed by atoms with Gasteiger partial charge in [0.15, 0.2) is 6.17 Å². The second kappa shape index (κ2) is 9.05. The van der Waals surface area contributed by atoms with Crippen LogP contribution in [0.15, 0.2) is 48.8 Å². The Morgan fingerprint density at radius 2 is 1.81 bits per heavy atom. The number of hydrogen-bond acceptors (Lipinski definition) is 6. The minimum atomic E-state index is -3.02. The number of morpholine rings is 1. The summed E-state index contributed by atoms with van der Waals surface area (Å²) in [6, 6.07) is 8.48. The lowest BCUT2D eigenvalue weighted by molar-refractivity contribution is -0.0507. The molecule has 1 fully saturated rings. The molecule has 0 radical (unpaired) electrons. The van der Waals surface area contributed by atoms with Crippen molar-refractivity contribution >= 4 is 17.0 Å². The van der Waals surface area contributed by atoms with E-state index in [1.807, 2.05) is 4.90 Å². The van der Waals surface area contributed by atoms with Gasteiger partial charge >= 0.3 is 6.61 Å². The molecule has 36 heavy (non-hydrogen) atoms. The first kappa shape index (κ1) is 22.7. The van der Waals surface area contributed by atoms with Gasteiger partial charge in [0.25, 0.3) is 0 Å². The summed E-state index contributed by atoms with van der Waals surface area (Å²) < 4.78 is 67.8. The van der Waals surface area contributed by atoms with Crippen molar-refractivity contribution in [3.63, 3.8) is 0 Å². The number of benzene rings is 2. The van der Waals surface area contributed by atoms with Crippen LogP contribution >= 0.6 is 0 Å². The third kappa shape index (κ3) is 3.93. The fourth-order valence-electron chi connectivity index (χ4n) is 4.92. The van der Waals surface area contributed by atoms with Gasteiger partial charge in [0.2, 0.25) is 5.95 Å². The maximum Gasteiger partial charge on any atom is 0.387 e. The van der Waals surface area contributed by atoms with E-state index in [4.69, 9.17) is 9.47 Å². The SMILES string of the molecule is Fc1cc2nc3n(c2cc1-c1cnc(N2CCOCC2)nc1)[C@@H](c1ccccc1OC(F)F)C[C@@H]3F. The highest BCUT2D eigenvalue weighted by Crippen LogP contribution is 2.46. The molecule has 11 heteroatoms. The van der Waals surface area contributed by atoms with E-state index in [0.717, 1.165) is 0 Å². The number of alkyl halides is 3. The van der Waals surface area contributed by atoms with Crippen molar-refractivity contribution in [2.24, 2.45) is 0 Å². The summed E-state index contributed by atoms with van der Waals surface area (Å²) >= 11 is 0. The van der Waals surface area contributed by atoms with Gasteiger partial charge in [-0.25, -0.2) is 23.7 Å². The predicted octanol–water partition coefficient (Wildman–Crippen LogP) is 5.07. The topological polar surface area (TPSA) is 65.3 Å². The Kier molecular flexibility index (Phi) is 5.71. The highest BCUT2D eigenvalue weighted by atomic mass is 19.3. The van der Waals surface area contributed by atoms with Crippen LogP contribution in [-0.2, 0) is 4.74 Å². The fourth-order valence-corrected chi connectivity index (χ4v) is 4.92. The van der Waals surface area contributed by atoms with Crippen molar-refractivity contribution in [3.05, 3.63) is 66.0 Å². The van der Waals surface area contributed by atoms with E-state index in [9.17, 15) is 8.78 Å². The zero-order chi connectivity index (χ0) is 24.8. The molecule has 186 valence electrons. The molecule has 0 bridgehead atoms. The van der Waals surface area contributed by atoms with Crippen LogP contribution in [0.4, 0.5) is 23.5 Å². The summed E-state index contributed by atoms with van der Waals surface area (Å²) in [6.45, 7) is -0.502. The molecular weight excluding hydrogens is 478 g/mol. The standard InChI is InChI=1S/C25H21F4N5O2/c26-17-10-19-21(9-16(17)14-12-30-25(31-13-14)33-5-7-35-8-6-33)34-20(11-18(27)23(34)32-19)15-3-1-2-4-22(15)36-24(28)29/h1-4,9-10,12-13,18,20,24H,5-8,11H2/t18-,20+/m0/s1. The van der Waals surface area contributed by atoms with Gasteiger partial charge in [-0.1, -0.05) is 18.2 Å². The second-order valence-corrected chi connectivity index (χ2v) is 8.67. The number of imidazole rings is 1. The zero-order valence-corrected chi connectivity index (χ0v) is 19.0. The van der Waals surface area contributed by atoms with E-state index in [-0.39, 0.29) is 29.1 Å². The summed E-state index contributed by atoms with van der Waals surface area (Å²) in [6.07, 6.45) is 1.66. The van der Waals surface area contributed by atoms with Gasteiger partial charge in [0.1, 0.15) is 17.4 Å². The molecule has 2 aliphatic rings. The van der Waals surface area contributed by atoms with Crippen molar-refractivity contribution in [2.75, 3.05) is 31.2 Å². The third-order valence-electron chi connectivity index (χ3n) is 6.56. The van der Waals surface area contributed by atoms with Gasteiger partial charge in [-0.05, 0) is 12.1 Å². The van der Waals surface area contributed by atoms with Gasteiger partial charge in [0, 0.05) is 54.7 Å². The van der Waals surface area contributed by atoms with Crippen LogP contribution < -0.4 is 9.64 Å². The Balaban J connectivity index is 1.41. The smallest absolute Gasteiger partial charge is 0.387 e. The summed E-state index contributed by atoms with van der Waals surface area (Å²) in [5.74, 6) is 0.0753. The zero-order valence-electron chi connectivity index (χ0n) is 19.0. The molecule has 0 spiro atoms. The molecule has 2 aliphatic heterocycles. The molecule has 0 saturated carbocycles. The molecule has 0 unspecified atom stereocenters. The number of aromatic nitrogens is 4. The lowest BCUT2D eigenvalue weighted by Gasteiger charge is -2.26. The quantitative estimate of drug-likeness (QED) is 0.357. The van der Waals surface area contributed by atoms with E-state index >= 15 is 8.78 Å². The summed E-state index contributed by atoms with van der Waals surface area (Å²) in [4.78, 5) is 15.1. The molecule has 7 nitrogen and oxygen atoms in total.